The van der Waals surface area contributed by atoms with Crippen molar-refractivity contribution in [2.75, 3.05) is 20.3 Å². The van der Waals surface area contributed by atoms with Crippen molar-refractivity contribution in [2.24, 2.45) is 5.92 Å². The Bertz CT molecular complexity index is 361. The van der Waals surface area contributed by atoms with Gasteiger partial charge in [-0.15, -0.1) is 0 Å². The lowest BCUT2D eigenvalue weighted by Gasteiger charge is -2.26. The van der Waals surface area contributed by atoms with E-state index in [0.29, 0.717) is 19.8 Å². The molecule has 0 bridgehead atoms. The van der Waals surface area contributed by atoms with Crippen LogP contribution in [0.15, 0.2) is 24.5 Å². The predicted molar refractivity (Wildman–Crippen MR) is 64.3 cm³/mol. The number of pyridine rings is 1. The highest BCUT2D eigenvalue weighted by atomic mass is 16.5. The summed E-state index contributed by atoms with van der Waals surface area (Å²) >= 11 is 0. The third-order valence-electron chi connectivity index (χ3n) is 3.12. The van der Waals surface area contributed by atoms with Crippen LogP contribution in [-0.4, -0.2) is 36.1 Å². The number of aromatic nitrogens is 1. The van der Waals surface area contributed by atoms with Crippen molar-refractivity contribution >= 4 is 5.91 Å². The van der Waals surface area contributed by atoms with Gasteiger partial charge in [0.1, 0.15) is 0 Å². The van der Waals surface area contributed by atoms with Crippen molar-refractivity contribution in [3.8, 4) is 0 Å². The van der Waals surface area contributed by atoms with Gasteiger partial charge in [-0.2, -0.15) is 0 Å². The van der Waals surface area contributed by atoms with Crippen LogP contribution in [0.4, 0.5) is 0 Å². The molecule has 92 valence electrons. The summed E-state index contributed by atoms with van der Waals surface area (Å²) in [7, 11) is 1.86. The normalized spacial score (nSPS) is 16.8. The van der Waals surface area contributed by atoms with Gasteiger partial charge >= 0.3 is 0 Å². The molecule has 0 unspecified atom stereocenters. The Morgan fingerprint density at radius 2 is 2.06 bits per heavy atom. The quantitative estimate of drug-likeness (QED) is 0.795. The molecular formula is C13H18N2O2. The highest BCUT2D eigenvalue weighted by Crippen LogP contribution is 2.17. The highest BCUT2D eigenvalue weighted by Gasteiger charge is 2.24. The largest absolute Gasteiger partial charge is 0.381 e. The van der Waals surface area contributed by atoms with Gasteiger partial charge in [0.15, 0.2) is 0 Å². The maximum atomic E-state index is 12.2. The maximum Gasteiger partial charge on any atom is 0.225 e. The third-order valence-corrected chi connectivity index (χ3v) is 3.12. The Morgan fingerprint density at radius 3 is 2.71 bits per heavy atom. The minimum absolute atomic E-state index is 0.135. The summed E-state index contributed by atoms with van der Waals surface area (Å²) in [6, 6.07) is 3.88. The zero-order valence-corrected chi connectivity index (χ0v) is 10.1. The second-order valence-electron chi connectivity index (χ2n) is 4.44. The topological polar surface area (TPSA) is 42.4 Å². The van der Waals surface area contributed by atoms with Crippen LogP contribution in [0.3, 0.4) is 0 Å². The van der Waals surface area contributed by atoms with Crippen LogP contribution in [0.2, 0.25) is 0 Å². The second-order valence-corrected chi connectivity index (χ2v) is 4.44. The van der Waals surface area contributed by atoms with Gasteiger partial charge in [-0.1, -0.05) is 0 Å². The van der Waals surface area contributed by atoms with Crippen LogP contribution in [-0.2, 0) is 16.1 Å². The molecule has 2 rings (SSSR count). The number of carbonyl (C=O) groups is 1. The number of hydrogen-bond donors (Lipinski definition) is 0. The monoisotopic (exact) mass is 234 g/mol. The van der Waals surface area contributed by atoms with Gasteiger partial charge in [-0.25, -0.2) is 0 Å². The first-order valence-electron chi connectivity index (χ1n) is 5.99. The Labute approximate surface area is 102 Å². The molecule has 4 nitrogen and oxygen atoms in total. The molecule has 4 heteroatoms. The van der Waals surface area contributed by atoms with Gasteiger partial charge in [0, 0.05) is 45.1 Å². The SMILES string of the molecule is CN(Cc1ccncc1)C(=O)C1CCOCC1. The van der Waals surface area contributed by atoms with Gasteiger partial charge in [0.25, 0.3) is 0 Å². The van der Waals surface area contributed by atoms with E-state index >= 15 is 0 Å². The van der Waals surface area contributed by atoms with Crippen LogP contribution in [0.25, 0.3) is 0 Å². The molecule has 0 aromatic carbocycles. The number of rotatable bonds is 3. The van der Waals surface area contributed by atoms with E-state index in [4.69, 9.17) is 4.74 Å². The van der Waals surface area contributed by atoms with Gasteiger partial charge in [0.2, 0.25) is 5.91 Å². The Morgan fingerprint density at radius 1 is 1.41 bits per heavy atom. The molecule has 1 fully saturated rings. The van der Waals surface area contributed by atoms with Crippen molar-refractivity contribution in [3.63, 3.8) is 0 Å². The standard InChI is InChI=1S/C13H18N2O2/c1-15(10-11-2-6-14-7-3-11)13(16)12-4-8-17-9-5-12/h2-3,6-7,12H,4-5,8-10H2,1H3. The lowest BCUT2D eigenvalue weighted by atomic mass is 9.98. The van der Waals surface area contributed by atoms with Crippen LogP contribution < -0.4 is 0 Å². The van der Waals surface area contributed by atoms with Crippen molar-refractivity contribution in [2.45, 2.75) is 19.4 Å². The zero-order chi connectivity index (χ0) is 12.1. The van der Waals surface area contributed by atoms with E-state index in [1.807, 2.05) is 19.2 Å². The average Bonchev–Trinajstić information content (AvgIpc) is 2.40. The zero-order valence-electron chi connectivity index (χ0n) is 10.1. The molecule has 1 saturated heterocycles. The molecule has 0 atom stereocenters. The summed E-state index contributed by atoms with van der Waals surface area (Å²) < 4.78 is 5.27. The first-order chi connectivity index (χ1) is 8.27. The molecule has 1 amide bonds. The van der Waals surface area contributed by atoms with Crippen molar-refractivity contribution in [1.82, 2.24) is 9.88 Å². The van der Waals surface area contributed by atoms with Crippen molar-refractivity contribution in [1.29, 1.82) is 0 Å². The van der Waals surface area contributed by atoms with E-state index in [2.05, 4.69) is 4.98 Å². The summed E-state index contributed by atoms with van der Waals surface area (Å²) in [6.45, 7) is 2.07. The second kappa shape index (κ2) is 5.77. The van der Waals surface area contributed by atoms with Gasteiger partial charge in [-0.05, 0) is 30.5 Å². The van der Waals surface area contributed by atoms with Crippen LogP contribution >= 0.6 is 0 Å². The predicted octanol–water partition coefficient (Wildman–Crippen LogP) is 1.47. The molecular weight excluding hydrogens is 216 g/mol. The Balaban J connectivity index is 1.90. The molecule has 0 N–H and O–H groups in total. The van der Waals surface area contributed by atoms with E-state index in [9.17, 15) is 4.79 Å². The van der Waals surface area contributed by atoms with Crippen molar-refractivity contribution in [3.05, 3.63) is 30.1 Å². The van der Waals surface area contributed by atoms with Crippen LogP contribution in [0, 0.1) is 5.92 Å². The smallest absolute Gasteiger partial charge is 0.225 e. The number of carbonyl (C=O) groups excluding carboxylic acids is 1. The molecule has 2 heterocycles. The third kappa shape index (κ3) is 3.27. The summed E-state index contributed by atoms with van der Waals surface area (Å²) in [4.78, 5) is 17.9. The van der Waals surface area contributed by atoms with E-state index in [-0.39, 0.29) is 11.8 Å². The van der Waals surface area contributed by atoms with E-state index in [0.717, 1.165) is 18.4 Å². The van der Waals surface area contributed by atoms with E-state index in [1.165, 1.54) is 0 Å². The molecule has 1 aliphatic rings. The average molecular weight is 234 g/mol. The summed E-state index contributed by atoms with van der Waals surface area (Å²) in [5.74, 6) is 0.362. The van der Waals surface area contributed by atoms with E-state index < -0.39 is 0 Å². The number of hydrogen-bond acceptors (Lipinski definition) is 3. The van der Waals surface area contributed by atoms with Gasteiger partial charge in [0.05, 0.1) is 0 Å². The summed E-state index contributed by atoms with van der Waals surface area (Å²) in [5.41, 5.74) is 1.11. The van der Waals surface area contributed by atoms with Gasteiger partial charge in [-0.3, -0.25) is 9.78 Å². The number of nitrogens with zero attached hydrogens (tertiary/aromatic N) is 2. The minimum atomic E-state index is 0.135. The maximum absolute atomic E-state index is 12.2. The molecule has 0 aliphatic carbocycles. The Hall–Kier alpha value is -1.42. The number of ether oxygens (including phenoxy) is 1. The minimum Gasteiger partial charge on any atom is -0.381 e. The molecule has 0 radical (unpaired) electrons. The lowest BCUT2D eigenvalue weighted by Crippen LogP contribution is -2.35. The molecule has 1 aliphatic heterocycles. The molecule has 1 aromatic rings. The molecule has 0 saturated carbocycles. The van der Waals surface area contributed by atoms with Crippen LogP contribution in [0.1, 0.15) is 18.4 Å². The number of amides is 1. The van der Waals surface area contributed by atoms with Gasteiger partial charge < -0.3 is 9.64 Å². The van der Waals surface area contributed by atoms with Crippen LogP contribution in [0.5, 0.6) is 0 Å². The Kier molecular flexibility index (Phi) is 4.09. The first kappa shape index (κ1) is 12.0. The fourth-order valence-electron chi connectivity index (χ4n) is 2.10. The summed E-state index contributed by atoms with van der Waals surface area (Å²) in [6.07, 6.45) is 5.20. The fraction of sp³-hybridized carbons (Fsp3) is 0.538. The highest BCUT2D eigenvalue weighted by molar-refractivity contribution is 5.78. The van der Waals surface area contributed by atoms with Crippen molar-refractivity contribution < 1.29 is 9.53 Å². The summed E-state index contributed by atoms with van der Waals surface area (Å²) in [5, 5.41) is 0. The fourth-order valence-corrected chi connectivity index (χ4v) is 2.10. The molecule has 17 heavy (non-hydrogen) atoms. The molecule has 0 spiro atoms. The molecule has 1 aromatic heterocycles. The first-order valence-corrected chi connectivity index (χ1v) is 5.99. The van der Waals surface area contributed by atoms with E-state index in [1.54, 1.807) is 17.3 Å². The lowest BCUT2D eigenvalue weighted by molar-refractivity contribution is -0.137.